The van der Waals surface area contributed by atoms with Gasteiger partial charge < -0.3 is 15.4 Å². The third-order valence-electron chi connectivity index (χ3n) is 3.21. The van der Waals surface area contributed by atoms with Crippen LogP contribution in [0.5, 0.6) is 0 Å². The minimum absolute atomic E-state index is 0.146. The lowest BCUT2D eigenvalue weighted by Crippen LogP contribution is -2.32. The Bertz CT molecular complexity index is 238. The molecule has 1 unspecified atom stereocenters. The van der Waals surface area contributed by atoms with Gasteiger partial charge in [0.05, 0.1) is 13.2 Å². The van der Waals surface area contributed by atoms with Crippen molar-refractivity contribution in [1.29, 1.82) is 0 Å². The van der Waals surface area contributed by atoms with E-state index in [2.05, 4.69) is 17.2 Å². The molecule has 1 heterocycles. The Hall–Kier alpha value is -0.870. The summed E-state index contributed by atoms with van der Waals surface area (Å²) >= 11 is 0. The molecule has 0 spiro atoms. The molecule has 0 aliphatic carbocycles. The molecule has 0 saturated carbocycles. The van der Waals surface area contributed by atoms with Gasteiger partial charge in [0.25, 0.3) is 0 Å². The van der Waals surface area contributed by atoms with Crippen LogP contribution in [0.15, 0.2) is 12.7 Å². The average molecular weight is 254 g/mol. The number of amides is 1. The van der Waals surface area contributed by atoms with E-state index in [0.29, 0.717) is 32.1 Å². The van der Waals surface area contributed by atoms with E-state index >= 15 is 0 Å². The first-order valence-corrected chi connectivity index (χ1v) is 6.99. The number of rotatable bonds is 9. The molecule has 18 heavy (non-hydrogen) atoms. The molecule has 1 saturated heterocycles. The fourth-order valence-corrected chi connectivity index (χ4v) is 2.13. The Kier molecular flexibility index (Phi) is 8.51. The van der Waals surface area contributed by atoms with Crippen molar-refractivity contribution in [2.45, 2.75) is 32.1 Å². The quantitative estimate of drug-likeness (QED) is 0.484. The van der Waals surface area contributed by atoms with Crippen molar-refractivity contribution in [3.05, 3.63) is 12.7 Å². The first-order chi connectivity index (χ1) is 8.83. The molecule has 1 amide bonds. The first kappa shape index (κ1) is 15.2. The topological polar surface area (TPSA) is 50.4 Å². The average Bonchev–Trinajstić information content (AvgIpc) is 2.41. The molecule has 0 aromatic heterocycles. The van der Waals surface area contributed by atoms with E-state index in [0.717, 1.165) is 25.9 Å². The molecule has 0 bridgehead atoms. The maximum absolute atomic E-state index is 11.6. The second kappa shape index (κ2) is 10.1. The van der Waals surface area contributed by atoms with Crippen molar-refractivity contribution in [1.82, 2.24) is 10.6 Å². The zero-order valence-corrected chi connectivity index (χ0v) is 11.2. The van der Waals surface area contributed by atoms with Crippen molar-refractivity contribution in [3.63, 3.8) is 0 Å². The minimum Gasteiger partial charge on any atom is -0.379 e. The van der Waals surface area contributed by atoms with E-state index in [1.807, 2.05) is 6.08 Å². The highest BCUT2D eigenvalue weighted by molar-refractivity contribution is 5.75. The van der Waals surface area contributed by atoms with Gasteiger partial charge in [-0.25, -0.2) is 0 Å². The molecule has 0 aromatic carbocycles. The molecule has 0 aromatic rings. The Morgan fingerprint density at radius 2 is 2.39 bits per heavy atom. The van der Waals surface area contributed by atoms with Crippen LogP contribution in [0.4, 0.5) is 0 Å². The predicted octanol–water partition coefficient (Wildman–Crippen LogP) is 1.48. The number of ether oxygens (including phenoxy) is 1. The predicted molar refractivity (Wildman–Crippen MR) is 73.5 cm³/mol. The van der Waals surface area contributed by atoms with Crippen LogP contribution in [0.1, 0.15) is 32.1 Å². The van der Waals surface area contributed by atoms with E-state index in [4.69, 9.17) is 4.74 Å². The van der Waals surface area contributed by atoms with Crippen molar-refractivity contribution in [2.24, 2.45) is 5.92 Å². The summed E-state index contributed by atoms with van der Waals surface area (Å²) in [6.45, 7) is 7.70. The number of carbonyl (C=O) groups is 1. The molecule has 104 valence electrons. The lowest BCUT2D eigenvalue weighted by molar-refractivity contribution is -0.121. The van der Waals surface area contributed by atoms with Crippen LogP contribution < -0.4 is 10.6 Å². The van der Waals surface area contributed by atoms with E-state index < -0.39 is 0 Å². The molecule has 1 aliphatic rings. The smallest absolute Gasteiger partial charge is 0.220 e. The monoisotopic (exact) mass is 254 g/mol. The summed E-state index contributed by atoms with van der Waals surface area (Å²) in [5.41, 5.74) is 0. The van der Waals surface area contributed by atoms with Gasteiger partial charge in [-0.1, -0.05) is 6.08 Å². The van der Waals surface area contributed by atoms with Gasteiger partial charge in [0, 0.05) is 13.0 Å². The van der Waals surface area contributed by atoms with Crippen LogP contribution in [-0.4, -0.2) is 38.8 Å². The molecule has 1 rings (SSSR count). The summed E-state index contributed by atoms with van der Waals surface area (Å²) in [5, 5.41) is 6.26. The van der Waals surface area contributed by atoms with E-state index in [1.165, 1.54) is 12.8 Å². The van der Waals surface area contributed by atoms with Gasteiger partial charge in [-0.05, 0) is 44.7 Å². The van der Waals surface area contributed by atoms with Gasteiger partial charge in [0.2, 0.25) is 5.91 Å². The summed E-state index contributed by atoms with van der Waals surface area (Å²) in [7, 11) is 0. The fourth-order valence-electron chi connectivity index (χ4n) is 2.13. The normalized spacial score (nSPS) is 19.4. The number of hydrogen-bond donors (Lipinski definition) is 2. The largest absolute Gasteiger partial charge is 0.379 e. The lowest BCUT2D eigenvalue weighted by Gasteiger charge is -2.22. The Balaban J connectivity index is 1.91. The standard InChI is InChI=1S/C14H26N2O2/c1-2-3-10-18-11-9-16-14(17)7-6-13-5-4-8-15-12-13/h2,13,15H,1,3-12H2,(H,16,17). The van der Waals surface area contributed by atoms with E-state index in [9.17, 15) is 4.79 Å². The van der Waals surface area contributed by atoms with Gasteiger partial charge in [-0.2, -0.15) is 0 Å². The first-order valence-electron chi connectivity index (χ1n) is 6.99. The Morgan fingerprint density at radius 3 is 3.11 bits per heavy atom. The fraction of sp³-hybridized carbons (Fsp3) is 0.786. The van der Waals surface area contributed by atoms with Crippen LogP contribution in [-0.2, 0) is 9.53 Å². The SMILES string of the molecule is C=CCCOCCNC(=O)CCC1CCCNC1. The van der Waals surface area contributed by atoms with Crippen molar-refractivity contribution in [2.75, 3.05) is 32.8 Å². The van der Waals surface area contributed by atoms with Gasteiger partial charge in [-0.15, -0.1) is 6.58 Å². The second-order valence-electron chi connectivity index (χ2n) is 4.79. The van der Waals surface area contributed by atoms with Crippen molar-refractivity contribution >= 4 is 5.91 Å². The molecule has 1 atom stereocenters. The number of carbonyl (C=O) groups excluding carboxylic acids is 1. The summed E-state index contributed by atoms with van der Waals surface area (Å²) in [6.07, 6.45) is 6.82. The van der Waals surface area contributed by atoms with E-state index in [-0.39, 0.29) is 5.91 Å². The van der Waals surface area contributed by atoms with Gasteiger partial charge >= 0.3 is 0 Å². The van der Waals surface area contributed by atoms with Crippen LogP contribution in [0.2, 0.25) is 0 Å². The zero-order valence-electron chi connectivity index (χ0n) is 11.2. The molecular formula is C14H26N2O2. The molecule has 0 radical (unpaired) electrons. The van der Waals surface area contributed by atoms with Gasteiger partial charge in [0.15, 0.2) is 0 Å². The van der Waals surface area contributed by atoms with Crippen molar-refractivity contribution in [3.8, 4) is 0 Å². The van der Waals surface area contributed by atoms with Crippen LogP contribution in [0, 0.1) is 5.92 Å². The van der Waals surface area contributed by atoms with Gasteiger partial charge in [-0.3, -0.25) is 4.79 Å². The lowest BCUT2D eigenvalue weighted by atomic mass is 9.94. The van der Waals surface area contributed by atoms with Crippen LogP contribution in [0.25, 0.3) is 0 Å². The molecule has 4 nitrogen and oxygen atoms in total. The van der Waals surface area contributed by atoms with Crippen LogP contribution in [0.3, 0.4) is 0 Å². The second-order valence-corrected chi connectivity index (χ2v) is 4.79. The molecule has 2 N–H and O–H groups in total. The highest BCUT2D eigenvalue weighted by Crippen LogP contribution is 2.15. The molecule has 1 aliphatic heterocycles. The van der Waals surface area contributed by atoms with Crippen LogP contribution >= 0.6 is 0 Å². The zero-order chi connectivity index (χ0) is 13.1. The highest BCUT2D eigenvalue weighted by Gasteiger charge is 2.13. The molecular weight excluding hydrogens is 228 g/mol. The third kappa shape index (κ3) is 7.45. The number of piperidine rings is 1. The third-order valence-corrected chi connectivity index (χ3v) is 3.21. The Labute approximate surface area is 110 Å². The van der Waals surface area contributed by atoms with Gasteiger partial charge in [0.1, 0.15) is 0 Å². The molecule has 4 heteroatoms. The summed E-state index contributed by atoms with van der Waals surface area (Å²) in [6, 6.07) is 0. The number of nitrogens with one attached hydrogen (secondary N) is 2. The number of hydrogen-bond acceptors (Lipinski definition) is 3. The minimum atomic E-state index is 0.146. The summed E-state index contributed by atoms with van der Waals surface area (Å²) in [5.74, 6) is 0.821. The maximum Gasteiger partial charge on any atom is 0.220 e. The highest BCUT2D eigenvalue weighted by atomic mass is 16.5. The molecule has 1 fully saturated rings. The summed E-state index contributed by atoms with van der Waals surface area (Å²) in [4.78, 5) is 11.6. The summed E-state index contributed by atoms with van der Waals surface area (Å²) < 4.78 is 5.32. The maximum atomic E-state index is 11.6. The Morgan fingerprint density at radius 1 is 1.50 bits per heavy atom. The van der Waals surface area contributed by atoms with E-state index in [1.54, 1.807) is 0 Å². The van der Waals surface area contributed by atoms with Crippen molar-refractivity contribution < 1.29 is 9.53 Å².